The van der Waals surface area contributed by atoms with Crippen molar-refractivity contribution < 1.29 is 9.47 Å². The van der Waals surface area contributed by atoms with E-state index in [1.54, 1.807) is 14.2 Å². The molecule has 1 aliphatic heterocycles. The largest absolute Gasteiger partial charge is 0.493 e. The molecule has 0 N–H and O–H groups in total. The zero-order valence-electron chi connectivity index (χ0n) is 20.1. The van der Waals surface area contributed by atoms with Crippen molar-refractivity contribution in [2.45, 2.75) is 44.3 Å². The number of tetrazole rings is 1. The number of methoxy groups -OCH3 is 2. The van der Waals surface area contributed by atoms with E-state index in [0.717, 1.165) is 68.5 Å². The van der Waals surface area contributed by atoms with Gasteiger partial charge in [0.1, 0.15) is 0 Å². The van der Waals surface area contributed by atoms with Crippen molar-refractivity contribution in [2.75, 3.05) is 40.4 Å². The summed E-state index contributed by atoms with van der Waals surface area (Å²) in [7, 11) is 3.35. The Hall–Kier alpha value is -2.97. The summed E-state index contributed by atoms with van der Waals surface area (Å²) in [6.07, 6.45) is 4.76. The highest BCUT2D eigenvalue weighted by molar-refractivity contribution is 5.45. The zero-order valence-corrected chi connectivity index (χ0v) is 20.1. The molecule has 1 saturated heterocycles. The molecule has 1 aromatic heterocycles. The highest BCUT2D eigenvalue weighted by Gasteiger charge is 2.33. The van der Waals surface area contributed by atoms with Crippen molar-refractivity contribution >= 4 is 0 Å². The minimum absolute atomic E-state index is 0.0331. The molecule has 2 aromatic carbocycles. The second-order valence-electron chi connectivity index (χ2n) is 9.23. The average Bonchev–Trinajstić information content (AvgIpc) is 3.58. The van der Waals surface area contributed by atoms with Gasteiger partial charge >= 0.3 is 0 Å². The normalized spacial score (nSPS) is 18.8. The van der Waals surface area contributed by atoms with Crippen LogP contribution in [0, 0.1) is 0 Å². The Bertz CT molecular complexity index is 1060. The van der Waals surface area contributed by atoms with Gasteiger partial charge in [0, 0.05) is 32.7 Å². The molecule has 1 unspecified atom stereocenters. The predicted molar refractivity (Wildman–Crippen MR) is 130 cm³/mol. The van der Waals surface area contributed by atoms with Crippen molar-refractivity contribution in [1.29, 1.82) is 0 Å². The lowest BCUT2D eigenvalue weighted by atomic mass is 10.0. The third-order valence-corrected chi connectivity index (χ3v) is 7.18. The maximum absolute atomic E-state index is 5.64. The highest BCUT2D eigenvalue weighted by Crippen LogP contribution is 2.37. The monoisotopic (exact) mass is 462 g/mol. The van der Waals surface area contributed by atoms with Crippen LogP contribution in [0.15, 0.2) is 48.5 Å². The Morgan fingerprint density at radius 2 is 1.65 bits per heavy atom. The molecule has 0 amide bonds. The lowest BCUT2D eigenvalue weighted by molar-refractivity contribution is 0.0992. The number of nitrogens with zero attached hydrogens (tertiary/aromatic N) is 6. The van der Waals surface area contributed by atoms with Gasteiger partial charge in [-0.25, -0.2) is 4.68 Å². The van der Waals surface area contributed by atoms with Crippen LogP contribution < -0.4 is 9.47 Å². The second-order valence-corrected chi connectivity index (χ2v) is 9.23. The van der Waals surface area contributed by atoms with Crippen molar-refractivity contribution in [1.82, 2.24) is 30.0 Å². The molecule has 0 bridgehead atoms. The highest BCUT2D eigenvalue weighted by atomic mass is 16.5. The van der Waals surface area contributed by atoms with E-state index in [1.807, 2.05) is 6.07 Å². The third-order valence-electron chi connectivity index (χ3n) is 7.18. The van der Waals surface area contributed by atoms with Crippen molar-refractivity contribution in [2.24, 2.45) is 0 Å². The molecular weight excluding hydrogens is 428 g/mol. The van der Waals surface area contributed by atoms with Crippen molar-refractivity contribution in [3.63, 3.8) is 0 Å². The third kappa shape index (κ3) is 4.79. The quantitative estimate of drug-likeness (QED) is 0.505. The number of hydrogen-bond acceptors (Lipinski definition) is 7. The molecule has 8 nitrogen and oxygen atoms in total. The van der Waals surface area contributed by atoms with Gasteiger partial charge in [0.15, 0.2) is 17.3 Å². The number of rotatable bonds is 8. The zero-order chi connectivity index (χ0) is 23.3. The number of piperazine rings is 1. The summed E-state index contributed by atoms with van der Waals surface area (Å²) in [6.45, 7) is 4.88. The Balaban J connectivity index is 1.42. The van der Waals surface area contributed by atoms with E-state index in [1.165, 1.54) is 18.4 Å². The van der Waals surface area contributed by atoms with Gasteiger partial charge in [0.05, 0.1) is 26.3 Å². The van der Waals surface area contributed by atoms with Gasteiger partial charge in [0.2, 0.25) is 0 Å². The van der Waals surface area contributed by atoms with Crippen LogP contribution in [0.3, 0.4) is 0 Å². The van der Waals surface area contributed by atoms with Crippen LogP contribution in [0.1, 0.15) is 54.7 Å². The SMILES string of the molecule is COc1ccc(C(c2nnnn2C2CCCC2)N2CCN(Cc3ccccc3)CC2)cc1OC. The van der Waals surface area contributed by atoms with Crippen LogP contribution in [0.5, 0.6) is 11.5 Å². The molecular formula is C26H34N6O2. The first-order chi connectivity index (χ1) is 16.8. The fourth-order valence-corrected chi connectivity index (χ4v) is 5.36. The van der Waals surface area contributed by atoms with E-state index < -0.39 is 0 Å². The maximum atomic E-state index is 5.64. The summed E-state index contributed by atoms with van der Waals surface area (Å²) in [6, 6.07) is 17.2. The van der Waals surface area contributed by atoms with Gasteiger partial charge < -0.3 is 9.47 Å². The Labute approximate surface area is 201 Å². The number of hydrogen-bond donors (Lipinski definition) is 0. The summed E-state index contributed by atoms with van der Waals surface area (Å²) in [4.78, 5) is 5.04. The molecule has 0 spiro atoms. The first kappa shape index (κ1) is 22.8. The molecule has 1 saturated carbocycles. The van der Waals surface area contributed by atoms with Gasteiger partial charge in [-0.15, -0.1) is 5.10 Å². The molecule has 1 atom stereocenters. The number of ether oxygens (including phenoxy) is 2. The molecule has 180 valence electrons. The van der Waals surface area contributed by atoms with Crippen LogP contribution in [0.4, 0.5) is 0 Å². The molecule has 0 radical (unpaired) electrons. The first-order valence-electron chi connectivity index (χ1n) is 12.3. The molecule has 8 heteroatoms. The van der Waals surface area contributed by atoms with Gasteiger partial charge in [0.25, 0.3) is 0 Å². The van der Waals surface area contributed by atoms with Gasteiger partial charge in [-0.3, -0.25) is 9.80 Å². The van der Waals surface area contributed by atoms with Crippen LogP contribution in [-0.2, 0) is 6.54 Å². The topological polar surface area (TPSA) is 68.5 Å². The van der Waals surface area contributed by atoms with Crippen LogP contribution in [0.2, 0.25) is 0 Å². The molecule has 2 aliphatic rings. The Kier molecular flexibility index (Phi) is 7.06. The van der Waals surface area contributed by atoms with Gasteiger partial charge in [-0.2, -0.15) is 0 Å². The summed E-state index contributed by atoms with van der Waals surface area (Å²) < 4.78 is 13.2. The average molecular weight is 463 g/mol. The standard InChI is InChI=1S/C26H34N6O2/c1-33-23-13-12-21(18-24(23)34-2)25(26-27-28-29-32(26)22-10-6-7-11-22)31-16-14-30(15-17-31)19-20-8-4-3-5-9-20/h3-5,8-9,12-13,18,22,25H,6-7,10-11,14-17,19H2,1-2H3. The smallest absolute Gasteiger partial charge is 0.173 e. The number of aromatic nitrogens is 4. The van der Waals surface area contributed by atoms with Crippen molar-refractivity contribution in [3.8, 4) is 11.5 Å². The Morgan fingerprint density at radius 1 is 0.912 bits per heavy atom. The van der Waals surface area contributed by atoms with E-state index in [2.05, 4.69) is 72.5 Å². The summed E-state index contributed by atoms with van der Waals surface area (Å²) in [5.74, 6) is 2.39. The second kappa shape index (κ2) is 10.5. The first-order valence-corrected chi connectivity index (χ1v) is 12.3. The van der Waals surface area contributed by atoms with E-state index in [9.17, 15) is 0 Å². The predicted octanol–water partition coefficient (Wildman–Crippen LogP) is 3.71. The van der Waals surface area contributed by atoms with E-state index in [0.29, 0.717) is 6.04 Å². The molecule has 1 aliphatic carbocycles. The van der Waals surface area contributed by atoms with Gasteiger partial charge in [-0.05, 0) is 46.5 Å². The fraction of sp³-hybridized carbons (Fsp3) is 0.500. The lowest BCUT2D eigenvalue weighted by Gasteiger charge is -2.39. The van der Waals surface area contributed by atoms with Crippen LogP contribution in [-0.4, -0.2) is 70.4 Å². The molecule has 34 heavy (non-hydrogen) atoms. The minimum atomic E-state index is -0.0331. The lowest BCUT2D eigenvalue weighted by Crippen LogP contribution is -2.48. The van der Waals surface area contributed by atoms with Crippen LogP contribution >= 0.6 is 0 Å². The molecule has 2 heterocycles. The minimum Gasteiger partial charge on any atom is -0.493 e. The molecule has 2 fully saturated rings. The van der Waals surface area contributed by atoms with Crippen molar-refractivity contribution in [3.05, 3.63) is 65.5 Å². The summed E-state index contributed by atoms with van der Waals surface area (Å²) in [5.41, 5.74) is 2.49. The summed E-state index contributed by atoms with van der Waals surface area (Å²) in [5, 5.41) is 13.1. The summed E-state index contributed by atoms with van der Waals surface area (Å²) >= 11 is 0. The Morgan fingerprint density at radius 3 is 2.35 bits per heavy atom. The van der Waals surface area contributed by atoms with Crippen LogP contribution in [0.25, 0.3) is 0 Å². The van der Waals surface area contributed by atoms with E-state index >= 15 is 0 Å². The number of benzene rings is 2. The maximum Gasteiger partial charge on any atom is 0.173 e. The van der Waals surface area contributed by atoms with E-state index in [-0.39, 0.29) is 6.04 Å². The fourth-order valence-electron chi connectivity index (χ4n) is 5.36. The van der Waals surface area contributed by atoms with Gasteiger partial charge in [-0.1, -0.05) is 49.2 Å². The van der Waals surface area contributed by atoms with E-state index in [4.69, 9.17) is 9.47 Å². The molecule has 5 rings (SSSR count). The molecule has 3 aromatic rings.